The average Bonchev–Trinajstić information content (AvgIpc) is 2.34. The van der Waals surface area contributed by atoms with Gasteiger partial charge in [0, 0.05) is 12.1 Å². The molecule has 0 aliphatic heterocycles. The van der Waals surface area contributed by atoms with E-state index in [0.29, 0.717) is 23.8 Å². The van der Waals surface area contributed by atoms with Crippen LogP contribution in [-0.4, -0.2) is 17.4 Å². The van der Waals surface area contributed by atoms with E-state index in [1.165, 1.54) is 6.07 Å². The number of nitrogens with two attached hydrogens (primary N) is 1. The van der Waals surface area contributed by atoms with Gasteiger partial charge in [-0.25, -0.2) is 10.8 Å². The van der Waals surface area contributed by atoms with E-state index in [1.54, 1.807) is 6.07 Å². The van der Waals surface area contributed by atoms with Crippen LogP contribution in [-0.2, 0) is 0 Å². The fraction of sp³-hybridized carbons (Fsp3) is 0.538. The molecule has 0 bridgehead atoms. The highest BCUT2D eigenvalue weighted by molar-refractivity contribution is 6.29. The smallest absolute Gasteiger partial charge is 0.251 e. The number of carbonyl (C=O) groups is 1. The Morgan fingerprint density at radius 1 is 1.47 bits per heavy atom. The number of nitrogens with one attached hydrogen (secondary N) is 2. The van der Waals surface area contributed by atoms with Crippen molar-refractivity contribution in [3.05, 3.63) is 22.8 Å². The maximum Gasteiger partial charge on any atom is 0.251 e. The summed E-state index contributed by atoms with van der Waals surface area (Å²) in [6.07, 6.45) is 0. The van der Waals surface area contributed by atoms with Crippen LogP contribution in [0.5, 0.6) is 0 Å². The molecule has 6 heteroatoms. The van der Waals surface area contributed by atoms with Crippen molar-refractivity contribution in [3.8, 4) is 0 Å². The Balaban J connectivity index is 2.76. The third kappa shape index (κ3) is 4.36. The summed E-state index contributed by atoms with van der Waals surface area (Å²) < 4.78 is 0. The molecule has 1 heterocycles. The Kier molecular flexibility index (Phi) is 5.14. The minimum atomic E-state index is -0.186. The Bertz CT molecular complexity index is 460. The molecule has 0 radical (unpaired) electrons. The molecular formula is C13H21ClN4O. The quantitative estimate of drug-likeness (QED) is 0.441. The first kappa shape index (κ1) is 15.7. The number of pyridine rings is 1. The highest BCUT2D eigenvalue weighted by atomic mass is 35.5. The largest absolute Gasteiger partial charge is 0.351 e. The molecule has 0 unspecified atom stereocenters. The second kappa shape index (κ2) is 6.21. The zero-order chi connectivity index (χ0) is 14.6. The first-order valence-electron chi connectivity index (χ1n) is 6.18. The predicted molar refractivity (Wildman–Crippen MR) is 78.0 cm³/mol. The van der Waals surface area contributed by atoms with Gasteiger partial charge in [-0.3, -0.25) is 4.79 Å². The van der Waals surface area contributed by atoms with Crippen LogP contribution in [0.25, 0.3) is 0 Å². The number of rotatable bonds is 5. The molecule has 5 nitrogen and oxygen atoms in total. The summed E-state index contributed by atoms with van der Waals surface area (Å²) in [4.78, 5) is 16.0. The van der Waals surface area contributed by atoms with Crippen LogP contribution in [0.4, 0.5) is 5.82 Å². The van der Waals surface area contributed by atoms with Crippen LogP contribution in [0.2, 0.25) is 5.15 Å². The molecule has 0 aliphatic rings. The van der Waals surface area contributed by atoms with E-state index in [0.717, 1.165) is 0 Å². The lowest BCUT2D eigenvalue weighted by atomic mass is 9.81. The van der Waals surface area contributed by atoms with Gasteiger partial charge in [0.25, 0.3) is 5.91 Å². The summed E-state index contributed by atoms with van der Waals surface area (Å²) in [5.41, 5.74) is 2.84. The first-order valence-corrected chi connectivity index (χ1v) is 6.56. The van der Waals surface area contributed by atoms with E-state index < -0.39 is 0 Å². The SMILES string of the molecule is CC(C)C(C)(C)CNC(=O)c1cc(Cl)nc(NN)c1. The molecule has 0 atom stereocenters. The van der Waals surface area contributed by atoms with E-state index in [2.05, 4.69) is 43.4 Å². The maximum absolute atomic E-state index is 12.1. The number of hydrogen-bond acceptors (Lipinski definition) is 4. The number of nitrogen functional groups attached to an aromatic ring is 1. The lowest BCUT2D eigenvalue weighted by molar-refractivity contribution is 0.0924. The molecular weight excluding hydrogens is 264 g/mol. The van der Waals surface area contributed by atoms with Gasteiger partial charge in [-0.1, -0.05) is 39.3 Å². The van der Waals surface area contributed by atoms with Crippen molar-refractivity contribution in [2.45, 2.75) is 27.7 Å². The fourth-order valence-corrected chi connectivity index (χ4v) is 1.52. The number of hydrogen-bond donors (Lipinski definition) is 3. The highest BCUT2D eigenvalue weighted by Gasteiger charge is 2.23. The predicted octanol–water partition coefficient (Wildman–Crippen LogP) is 2.43. The van der Waals surface area contributed by atoms with Gasteiger partial charge in [0.15, 0.2) is 0 Å². The minimum Gasteiger partial charge on any atom is -0.351 e. The second-order valence-corrected chi connectivity index (χ2v) is 5.92. The molecule has 0 aliphatic carbocycles. The number of hydrazine groups is 1. The third-order valence-corrected chi connectivity index (χ3v) is 3.67. The Labute approximate surface area is 118 Å². The average molecular weight is 285 g/mol. The van der Waals surface area contributed by atoms with E-state index in [4.69, 9.17) is 17.4 Å². The van der Waals surface area contributed by atoms with Crippen LogP contribution in [0.3, 0.4) is 0 Å². The summed E-state index contributed by atoms with van der Waals surface area (Å²) >= 11 is 5.83. The Hall–Kier alpha value is -1.33. The number of aromatic nitrogens is 1. The molecule has 106 valence electrons. The number of halogens is 1. The van der Waals surface area contributed by atoms with Crippen LogP contribution < -0.4 is 16.6 Å². The van der Waals surface area contributed by atoms with Gasteiger partial charge < -0.3 is 10.7 Å². The van der Waals surface area contributed by atoms with Crippen molar-refractivity contribution < 1.29 is 4.79 Å². The molecule has 1 rings (SSSR count). The summed E-state index contributed by atoms with van der Waals surface area (Å²) in [6.45, 7) is 9.08. The maximum atomic E-state index is 12.1. The van der Waals surface area contributed by atoms with Gasteiger partial charge >= 0.3 is 0 Å². The third-order valence-electron chi connectivity index (χ3n) is 3.47. The standard InChI is InChI=1S/C13H21ClN4O/c1-8(2)13(3,4)7-16-12(19)9-5-10(14)17-11(6-9)18-15/h5-6,8H,7,15H2,1-4H3,(H,16,19)(H,17,18). The van der Waals surface area contributed by atoms with Gasteiger partial charge in [0.1, 0.15) is 11.0 Å². The van der Waals surface area contributed by atoms with Crippen molar-refractivity contribution >= 4 is 23.3 Å². The van der Waals surface area contributed by atoms with Gasteiger partial charge in [-0.2, -0.15) is 0 Å². The molecule has 0 saturated heterocycles. The van der Waals surface area contributed by atoms with E-state index in [1.807, 2.05) is 0 Å². The fourth-order valence-electron chi connectivity index (χ4n) is 1.32. The zero-order valence-corrected chi connectivity index (χ0v) is 12.5. The Morgan fingerprint density at radius 2 is 2.11 bits per heavy atom. The molecule has 1 aromatic heterocycles. The van der Waals surface area contributed by atoms with Crippen molar-refractivity contribution in [1.82, 2.24) is 10.3 Å². The van der Waals surface area contributed by atoms with E-state index >= 15 is 0 Å². The summed E-state index contributed by atoms with van der Waals surface area (Å²) in [5.74, 6) is 5.91. The van der Waals surface area contributed by atoms with E-state index in [-0.39, 0.29) is 16.5 Å². The van der Waals surface area contributed by atoms with Crippen LogP contribution in [0, 0.1) is 11.3 Å². The monoisotopic (exact) mass is 284 g/mol. The molecule has 0 aromatic carbocycles. The van der Waals surface area contributed by atoms with Crippen LogP contribution in [0.1, 0.15) is 38.1 Å². The zero-order valence-electron chi connectivity index (χ0n) is 11.7. The molecule has 1 aromatic rings. The molecule has 19 heavy (non-hydrogen) atoms. The normalized spacial score (nSPS) is 11.5. The van der Waals surface area contributed by atoms with Crippen molar-refractivity contribution in [2.75, 3.05) is 12.0 Å². The first-order chi connectivity index (χ1) is 8.76. The van der Waals surface area contributed by atoms with Crippen LogP contribution >= 0.6 is 11.6 Å². The number of amides is 1. The summed E-state index contributed by atoms with van der Waals surface area (Å²) in [6, 6.07) is 3.07. The molecule has 4 N–H and O–H groups in total. The Morgan fingerprint density at radius 3 is 2.63 bits per heavy atom. The van der Waals surface area contributed by atoms with Crippen molar-refractivity contribution in [1.29, 1.82) is 0 Å². The molecule has 0 saturated carbocycles. The summed E-state index contributed by atoms with van der Waals surface area (Å²) in [5, 5.41) is 3.13. The molecule has 1 amide bonds. The lowest BCUT2D eigenvalue weighted by Crippen LogP contribution is -2.37. The van der Waals surface area contributed by atoms with Gasteiger partial charge in [0.05, 0.1) is 0 Å². The highest BCUT2D eigenvalue weighted by Crippen LogP contribution is 2.24. The van der Waals surface area contributed by atoms with Crippen molar-refractivity contribution in [2.24, 2.45) is 17.2 Å². The topological polar surface area (TPSA) is 80.0 Å². The van der Waals surface area contributed by atoms with Gasteiger partial charge in [-0.05, 0) is 23.5 Å². The summed E-state index contributed by atoms with van der Waals surface area (Å²) in [7, 11) is 0. The molecule has 0 fully saturated rings. The van der Waals surface area contributed by atoms with Gasteiger partial charge in [-0.15, -0.1) is 0 Å². The number of nitrogens with zero attached hydrogens (tertiary/aromatic N) is 1. The van der Waals surface area contributed by atoms with E-state index in [9.17, 15) is 4.79 Å². The van der Waals surface area contributed by atoms with Crippen molar-refractivity contribution in [3.63, 3.8) is 0 Å². The van der Waals surface area contributed by atoms with Crippen LogP contribution in [0.15, 0.2) is 12.1 Å². The van der Waals surface area contributed by atoms with Gasteiger partial charge in [0.2, 0.25) is 0 Å². The lowest BCUT2D eigenvalue weighted by Gasteiger charge is -2.29. The number of carbonyl (C=O) groups excluding carboxylic acids is 1. The minimum absolute atomic E-state index is 0.0292. The second-order valence-electron chi connectivity index (χ2n) is 5.53. The molecule has 0 spiro atoms. The number of anilines is 1.